The summed E-state index contributed by atoms with van der Waals surface area (Å²) in [6.07, 6.45) is 1.21. The summed E-state index contributed by atoms with van der Waals surface area (Å²) in [7, 11) is -3.40. The molecule has 5 heteroatoms. The van der Waals surface area contributed by atoms with Gasteiger partial charge in [-0.1, -0.05) is 12.1 Å². The van der Waals surface area contributed by atoms with Crippen LogP contribution < -0.4 is 5.73 Å². The molecule has 2 rings (SSSR count). The highest BCUT2D eigenvalue weighted by Gasteiger charge is 2.32. The Labute approximate surface area is 96.1 Å². The van der Waals surface area contributed by atoms with Crippen LogP contribution in [0.1, 0.15) is 18.4 Å². The van der Waals surface area contributed by atoms with E-state index in [9.17, 15) is 8.42 Å². The summed E-state index contributed by atoms with van der Waals surface area (Å²) in [5.74, 6) is 0. The van der Waals surface area contributed by atoms with E-state index < -0.39 is 10.0 Å². The molecule has 0 aliphatic carbocycles. The molecule has 1 atom stereocenters. The van der Waals surface area contributed by atoms with Gasteiger partial charge in [-0.3, -0.25) is 0 Å². The third-order valence-electron chi connectivity index (χ3n) is 2.84. The van der Waals surface area contributed by atoms with Crippen molar-refractivity contribution in [3.05, 3.63) is 29.8 Å². The third-order valence-corrected chi connectivity index (χ3v) is 4.76. The number of nitrogens with zero attached hydrogens (tertiary/aromatic N) is 1. The molecule has 0 aromatic heterocycles. The van der Waals surface area contributed by atoms with Gasteiger partial charge in [0.15, 0.2) is 0 Å². The molecular formula is C11H16N2O2S. The average molecular weight is 240 g/mol. The molecule has 0 radical (unpaired) electrons. The maximum absolute atomic E-state index is 12.2. The highest BCUT2D eigenvalue weighted by atomic mass is 32.2. The van der Waals surface area contributed by atoms with E-state index in [2.05, 4.69) is 0 Å². The largest absolute Gasteiger partial charge is 0.315 e. The lowest BCUT2D eigenvalue weighted by atomic mass is 10.2. The molecule has 4 nitrogen and oxygen atoms in total. The van der Waals surface area contributed by atoms with Gasteiger partial charge in [-0.25, -0.2) is 8.42 Å². The first kappa shape index (κ1) is 11.6. The van der Waals surface area contributed by atoms with E-state index in [-0.39, 0.29) is 6.17 Å². The van der Waals surface area contributed by atoms with Crippen LogP contribution in [0.5, 0.6) is 0 Å². The number of hydrogen-bond donors (Lipinski definition) is 1. The summed E-state index contributed by atoms with van der Waals surface area (Å²) in [5, 5.41) is 0. The average Bonchev–Trinajstić information content (AvgIpc) is 2.65. The van der Waals surface area contributed by atoms with Crippen LogP contribution in [0.25, 0.3) is 0 Å². The first-order chi connectivity index (χ1) is 7.51. The van der Waals surface area contributed by atoms with Crippen LogP contribution in [0, 0.1) is 6.92 Å². The molecule has 1 aromatic carbocycles. The Hall–Kier alpha value is -0.910. The fraction of sp³-hybridized carbons (Fsp3) is 0.455. The van der Waals surface area contributed by atoms with Crippen molar-refractivity contribution < 1.29 is 8.42 Å². The van der Waals surface area contributed by atoms with Crippen molar-refractivity contribution in [3.63, 3.8) is 0 Å². The maximum Gasteiger partial charge on any atom is 0.244 e. The molecule has 0 saturated carbocycles. The Kier molecular flexibility index (Phi) is 3.01. The maximum atomic E-state index is 12.2. The number of sulfonamides is 1. The quantitative estimate of drug-likeness (QED) is 0.841. The summed E-state index contributed by atoms with van der Waals surface area (Å²) >= 11 is 0. The Morgan fingerprint density at radius 3 is 2.75 bits per heavy atom. The second kappa shape index (κ2) is 4.16. The SMILES string of the molecule is Cc1cccc(S(=O)(=O)N2CCCC2N)c1. The molecule has 1 aromatic rings. The van der Waals surface area contributed by atoms with Crippen LogP contribution in [-0.4, -0.2) is 25.4 Å². The molecular weight excluding hydrogens is 224 g/mol. The lowest BCUT2D eigenvalue weighted by Gasteiger charge is -2.20. The molecule has 1 heterocycles. The second-order valence-corrected chi connectivity index (χ2v) is 6.03. The Morgan fingerprint density at radius 1 is 1.44 bits per heavy atom. The first-order valence-corrected chi connectivity index (χ1v) is 6.80. The van der Waals surface area contributed by atoms with Crippen LogP contribution in [0.3, 0.4) is 0 Å². The topological polar surface area (TPSA) is 63.4 Å². The van der Waals surface area contributed by atoms with Crippen molar-refractivity contribution in [1.82, 2.24) is 4.31 Å². The summed E-state index contributed by atoms with van der Waals surface area (Å²) in [6.45, 7) is 2.40. The minimum atomic E-state index is -3.40. The molecule has 88 valence electrons. The Morgan fingerprint density at radius 2 is 2.19 bits per heavy atom. The molecule has 0 spiro atoms. The highest BCUT2D eigenvalue weighted by molar-refractivity contribution is 7.89. The number of rotatable bonds is 2. The molecule has 16 heavy (non-hydrogen) atoms. The van der Waals surface area contributed by atoms with Gasteiger partial charge in [0.05, 0.1) is 11.1 Å². The van der Waals surface area contributed by atoms with Crippen LogP contribution in [0.15, 0.2) is 29.2 Å². The Bertz CT molecular complexity index is 485. The standard InChI is InChI=1S/C11H16N2O2S/c1-9-4-2-5-10(8-9)16(14,15)13-7-3-6-11(13)12/h2,4-5,8,11H,3,6-7,12H2,1H3. The van der Waals surface area contributed by atoms with Crippen molar-refractivity contribution in [2.45, 2.75) is 30.8 Å². The van der Waals surface area contributed by atoms with Crippen LogP contribution in [0.2, 0.25) is 0 Å². The van der Waals surface area contributed by atoms with E-state index in [4.69, 9.17) is 5.73 Å². The molecule has 1 aliphatic rings. The molecule has 1 unspecified atom stereocenters. The summed E-state index contributed by atoms with van der Waals surface area (Å²) in [6, 6.07) is 6.93. The Balaban J connectivity index is 2.39. The van der Waals surface area contributed by atoms with Gasteiger partial charge >= 0.3 is 0 Å². The fourth-order valence-corrected chi connectivity index (χ4v) is 3.66. The smallest absolute Gasteiger partial charge is 0.244 e. The molecule has 0 bridgehead atoms. The predicted octanol–water partition coefficient (Wildman–Crippen LogP) is 1.06. The predicted molar refractivity (Wildman–Crippen MR) is 62.3 cm³/mol. The lowest BCUT2D eigenvalue weighted by molar-refractivity contribution is 0.396. The van der Waals surface area contributed by atoms with Gasteiger partial charge in [0.2, 0.25) is 10.0 Å². The zero-order valence-electron chi connectivity index (χ0n) is 9.26. The molecule has 1 aliphatic heterocycles. The summed E-state index contributed by atoms with van der Waals surface area (Å²) in [4.78, 5) is 0.338. The second-order valence-electron chi connectivity index (χ2n) is 4.14. The number of aryl methyl sites for hydroxylation is 1. The van der Waals surface area contributed by atoms with E-state index in [0.29, 0.717) is 11.4 Å². The normalized spacial score (nSPS) is 22.5. The van der Waals surface area contributed by atoms with Crippen LogP contribution >= 0.6 is 0 Å². The summed E-state index contributed by atoms with van der Waals surface area (Å²) < 4.78 is 25.9. The molecule has 1 fully saturated rings. The van der Waals surface area contributed by atoms with E-state index >= 15 is 0 Å². The highest BCUT2D eigenvalue weighted by Crippen LogP contribution is 2.23. The van der Waals surface area contributed by atoms with Gasteiger partial charge in [0.1, 0.15) is 0 Å². The monoisotopic (exact) mass is 240 g/mol. The van der Waals surface area contributed by atoms with Crippen molar-refractivity contribution >= 4 is 10.0 Å². The van der Waals surface area contributed by atoms with Gasteiger partial charge in [0, 0.05) is 6.54 Å². The van der Waals surface area contributed by atoms with Crippen molar-refractivity contribution in [2.75, 3.05) is 6.54 Å². The van der Waals surface area contributed by atoms with Gasteiger partial charge in [-0.05, 0) is 37.5 Å². The number of nitrogens with two attached hydrogens (primary N) is 1. The van der Waals surface area contributed by atoms with Gasteiger partial charge in [-0.15, -0.1) is 0 Å². The lowest BCUT2D eigenvalue weighted by Crippen LogP contribution is -2.40. The molecule has 1 saturated heterocycles. The minimum absolute atomic E-state index is 0.338. The van der Waals surface area contributed by atoms with E-state index in [0.717, 1.165) is 18.4 Å². The van der Waals surface area contributed by atoms with Crippen molar-refractivity contribution in [1.29, 1.82) is 0 Å². The summed E-state index contributed by atoms with van der Waals surface area (Å²) in [5.41, 5.74) is 6.73. The van der Waals surface area contributed by atoms with Crippen LogP contribution in [0.4, 0.5) is 0 Å². The first-order valence-electron chi connectivity index (χ1n) is 5.36. The van der Waals surface area contributed by atoms with E-state index in [1.165, 1.54) is 4.31 Å². The zero-order valence-corrected chi connectivity index (χ0v) is 10.1. The van der Waals surface area contributed by atoms with E-state index in [1.54, 1.807) is 18.2 Å². The molecule has 2 N–H and O–H groups in total. The fourth-order valence-electron chi connectivity index (χ4n) is 1.98. The zero-order chi connectivity index (χ0) is 11.8. The van der Waals surface area contributed by atoms with Crippen molar-refractivity contribution in [2.24, 2.45) is 5.73 Å². The van der Waals surface area contributed by atoms with Crippen LogP contribution in [-0.2, 0) is 10.0 Å². The van der Waals surface area contributed by atoms with Gasteiger partial charge in [0.25, 0.3) is 0 Å². The van der Waals surface area contributed by atoms with E-state index in [1.807, 2.05) is 13.0 Å². The number of hydrogen-bond acceptors (Lipinski definition) is 3. The van der Waals surface area contributed by atoms with Gasteiger partial charge < -0.3 is 5.73 Å². The molecule has 0 amide bonds. The van der Waals surface area contributed by atoms with Gasteiger partial charge in [-0.2, -0.15) is 4.31 Å². The minimum Gasteiger partial charge on any atom is -0.315 e. The number of benzene rings is 1. The van der Waals surface area contributed by atoms with Crippen molar-refractivity contribution in [3.8, 4) is 0 Å². The third kappa shape index (κ3) is 1.98.